The summed E-state index contributed by atoms with van der Waals surface area (Å²) in [6.45, 7) is 1.75. The molecule has 8 nitrogen and oxygen atoms in total. The Morgan fingerprint density at radius 2 is 1.85 bits per heavy atom. The zero-order chi connectivity index (χ0) is 28.6. The van der Waals surface area contributed by atoms with E-state index in [9.17, 15) is 14.7 Å². The molecule has 0 unspecified atom stereocenters. The van der Waals surface area contributed by atoms with Crippen LogP contribution in [0.3, 0.4) is 0 Å². The summed E-state index contributed by atoms with van der Waals surface area (Å²) in [5.74, 6) is 0.631. The molecule has 40 heavy (non-hydrogen) atoms. The largest absolute Gasteiger partial charge is 0.506 e. The number of hydrogen-bond acceptors (Lipinski definition) is 7. The van der Waals surface area contributed by atoms with Crippen LogP contribution in [0.5, 0.6) is 17.2 Å². The number of aromatic nitrogens is 1. The third kappa shape index (κ3) is 5.24. The number of rotatable bonds is 6. The van der Waals surface area contributed by atoms with Crippen molar-refractivity contribution in [2.45, 2.75) is 13.0 Å². The zero-order valence-electron chi connectivity index (χ0n) is 21.6. The number of hydrogen-bond donors (Lipinski definition) is 2. The van der Waals surface area contributed by atoms with Crippen LogP contribution in [0, 0.1) is 0 Å². The first kappa shape index (κ1) is 27.9. The van der Waals surface area contributed by atoms with Crippen LogP contribution in [0.1, 0.15) is 24.1 Å². The minimum Gasteiger partial charge on any atom is -0.506 e. The summed E-state index contributed by atoms with van der Waals surface area (Å²) in [7, 11) is 3.08. The fraction of sp³-hybridized carbons (Fsp3) is 0.138. The highest BCUT2D eigenvalue weighted by Crippen LogP contribution is 2.38. The second-order valence-corrected chi connectivity index (χ2v) is 11.6. The smallest absolute Gasteiger partial charge is 0.271 e. The Morgan fingerprint density at radius 3 is 2.55 bits per heavy atom. The van der Waals surface area contributed by atoms with Crippen LogP contribution < -0.4 is 29.7 Å². The molecule has 0 fully saturated rings. The number of phenols is 1. The molecule has 5 rings (SSSR count). The number of amides is 1. The number of nitrogens with zero attached hydrogens (tertiary/aromatic N) is 2. The van der Waals surface area contributed by atoms with Gasteiger partial charge in [0, 0.05) is 27.4 Å². The van der Waals surface area contributed by atoms with Gasteiger partial charge < -0.3 is 19.9 Å². The Balaban J connectivity index is 1.74. The van der Waals surface area contributed by atoms with Gasteiger partial charge in [-0.05, 0) is 65.3 Å². The molecule has 1 aromatic heterocycles. The van der Waals surface area contributed by atoms with E-state index in [4.69, 9.17) is 9.47 Å². The lowest BCUT2D eigenvalue weighted by Crippen LogP contribution is -2.40. The molecular formula is C29H23Br2N3O5S. The van der Waals surface area contributed by atoms with E-state index in [1.54, 1.807) is 62.6 Å². The number of methoxy groups -OCH3 is 2. The molecular weight excluding hydrogens is 662 g/mol. The number of nitrogens with one attached hydrogen (secondary N) is 1. The van der Waals surface area contributed by atoms with Crippen LogP contribution >= 0.6 is 43.2 Å². The molecule has 0 spiro atoms. The topological polar surface area (TPSA) is 102 Å². The van der Waals surface area contributed by atoms with E-state index < -0.39 is 11.9 Å². The van der Waals surface area contributed by atoms with Gasteiger partial charge in [0.05, 0.1) is 34.5 Å². The van der Waals surface area contributed by atoms with Crippen molar-refractivity contribution >= 4 is 60.9 Å². The van der Waals surface area contributed by atoms with Crippen molar-refractivity contribution in [1.29, 1.82) is 0 Å². The van der Waals surface area contributed by atoms with Gasteiger partial charge in [0.15, 0.2) is 4.80 Å². The summed E-state index contributed by atoms with van der Waals surface area (Å²) >= 11 is 7.94. The fourth-order valence-electron chi connectivity index (χ4n) is 4.51. The summed E-state index contributed by atoms with van der Waals surface area (Å²) < 4.78 is 14.1. The molecule has 11 heteroatoms. The predicted molar refractivity (Wildman–Crippen MR) is 162 cm³/mol. The molecule has 0 bridgehead atoms. The Hall–Kier alpha value is -3.67. The molecule has 2 heterocycles. The molecule has 1 amide bonds. The number of halogens is 2. The minimum atomic E-state index is -0.842. The Morgan fingerprint density at radius 1 is 1.10 bits per heavy atom. The number of aromatic hydroxyl groups is 1. The van der Waals surface area contributed by atoms with Gasteiger partial charge in [0.25, 0.3) is 11.5 Å². The maximum Gasteiger partial charge on any atom is 0.271 e. The molecule has 4 aromatic rings. The normalized spacial score (nSPS) is 14.9. The third-order valence-corrected chi connectivity index (χ3v) is 8.42. The van der Waals surface area contributed by atoms with E-state index in [2.05, 4.69) is 42.2 Å². The number of para-hydroxylation sites is 1. The Labute approximate surface area is 250 Å². The van der Waals surface area contributed by atoms with Gasteiger partial charge in [-0.25, -0.2) is 4.99 Å². The number of thiazole rings is 1. The quantitative estimate of drug-likeness (QED) is 0.294. The maximum absolute atomic E-state index is 14.0. The SMILES string of the molecule is COc1ccc([C@H]2C(C(=O)Nc3ccccc3)=C(C)N=c3s/c(=C\c4cc(Br)cc(Br)c4O)c(=O)n32)c(OC)c1. The number of allylic oxidation sites excluding steroid dienone is 1. The Kier molecular flexibility index (Phi) is 7.97. The van der Waals surface area contributed by atoms with Crippen molar-refractivity contribution in [3.63, 3.8) is 0 Å². The van der Waals surface area contributed by atoms with Gasteiger partial charge in [0.1, 0.15) is 23.3 Å². The number of carbonyl (C=O) groups excluding carboxylic acids is 1. The average Bonchev–Trinajstić information content (AvgIpc) is 3.24. The zero-order valence-corrected chi connectivity index (χ0v) is 25.6. The van der Waals surface area contributed by atoms with Gasteiger partial charge in [-0.2, -0.15) is 0 Å². The molecule has 1 aliphatic rings. The van der Waals surface area contributed by atoms with Crippen molar-refractivity contribution in [1.82, 2.24) is 4.57 Å². The van der Waals surface area contributed by atoms with E-state index in [1.807, 2.05) is 18.2 Å². The molecule has 0 saturated carbocycles. The number of anilines is 1. The number of phenolic OH excluding ortho intramolecular Hbond substituents is 1. The number of carbonyl (C=O) groups is 1. The van der Waals surface area contributed by atoms with E-state index in [1.165, 1.54) is 23.0 Å². The van der Waals surface area contributed by atoms with Crippen molar-refractivity contribution in [3.05, 3.63) is 112 Å². The van der Waals surface area contributed by atoms with E-state index in [0.29, 0.717) is 53.4 Å². The van der Waals surface area contributed by atoms with Gasteiger partial charge in [-0.3, -0.25) is 14.2 Å². The highest BCUT2D eigenvalue weighted by atomic mass is 79.9. The number of fused-ring (bicyclic) bond motifs is 1. The van der Waals surface area contributed by atoms with Crippen LogP contribution in [0.15, 0.2) is 90.7 Å². The molecule has 0 radical (unpaired) electrons. The molecule has 0 aliphatic carbocycles. The van der Waals surface area contributed by atoms with Gasteiger partial charge in [-0.15, -0.1) is 0 Å². The van der Waals surface area contributed by atoms with Gasteiger partial charge >= 0.3 is 0 Å². The highest BCUT2D eigenvalue weighted by Gasteiger charge is 2.34. The van der Waals surface area contributed by atoms with Crippen LogP contribution in [-0.4, -0.2) is 29.8 Å². The molecule has 1 atom stereocenters. The molecule has 0 saturated heterocycles. The van der Waals surface area contributed by atoms with E-state index in [0.717, 1.165) is 4.47 Å². The van der Waals surface area contributed by atoms with Crippen LogP contribution in [-0.2, 0) is 4.79 Å². The minimum absolute atomic E-state index is 0.00141. The summed E-state index contributed by atoms with van der Waals surface area (Å²) in [5, 5.41) is 13.5. The van der Waals surface area contributed by atoms with E-state index >= 15 is 0 Å². The monoisotopic (exact) mass is 683 g/mol. The standard InChI is InChI=1S/C29H23Br2N3O5S/c1-15-24(27(36)33-18-7-5-4-6-8-18)25(20-10-9-19(38-2)14-22(20)39-3)34-28(37)23(40-29(34)32-15)12-16-11-17(30)13-21(31)26(16)35/h4-14,25,35H,1-3H3,(H,33,36)/b23-12-/t25-/m0/s1. The van der Waals surface area contributed by atoms with Crippen LogP contribution in [0.4, 0.5) is 5.69 Å². The van der Waals surface area contributed by atoms with Crippen LogP contribution in [0.2, 0.25) is 0 Å². The summed E-state index contributed by atoms with van der Waals surface area (Å²) in [4.78, 5) is 32.8. The fourth-order valence-corrected chi connectivity index (χ4v) is 6.80. The first-order chi connectivity index (χ1) is 19.2. The molecule has 204 valence electrons. The maximum atomic E-state index is 14.0. The average molecular weight is 685 g/mol. The first-order valence-corrected chi connectivity index (χ1v) is 14.4. The molecule has 3 aromatic carbocycles. The van der Waals surface area contributed by atoms with Crippen molar-refractivity contribution < 1.29 is 19.4 Å². The van der Waals surface area contributed by atoms with Gasteiger partial charge in [-0.1, -0.05) is 45.5 Å². The lowest BCUT2D eigenvalue weighted by Gasteiger charge is -2.26. The lowest BCUT2D eigenvalue weighted by atomic mass is 9.94. The van der Waals surface area contributed by atoms with Crippen molar-refractivity contribution in [2.75, 3.05) is 19.5 Å². The highest BCUT2D eigenvalue weighted by molar-refractivity contribution is 9.11. The molecule has 2 N–H and O–H groups in total. The Bertz CT molecular complexity index is 1850. The van der Waals surface area contributed by atoms with Crippen molar-refractivity contribution in [3.8, 4) is 17.2 Å². The summed E-state index contributed by atoms with van der Waals surface area (Å²) in [6.07, 6.45) is 1.61. The predicted octanol–water partition coefficient (Wildman–Crippen LogP) is 5.12. The van der Waals surface area contributed by atoms with E-state index in [-0.39, 0.29) is 11.3 Å². The number of benzene rings is 3. The van der Waals surface area contributed by atoms with Crippen molar-refractivity contribution in [2.24, 2.45) is 4.99 Å². The second kappa shape index (κ2) is 11.4. The summed E-state index contributed by atoms with van der Waals surface area (Å²) in [6, 6.07) is 16.9. The number of ether oxygens (including phenoxy) is 2. The summed E-state index contributed by atoms with van der Waals surface area (Å²) in [5.41, 5.74) is 2.07. The third-order valence-electron chi connectivity index (χ3n) is 6.38. The lowest BCUT2D eigenvalue weighted by molar-refractivity contribution is -0.113. The molecule has 1 aliphatic heterocycles. The first-order valence-electron chi connectivity index (χ1n) is 12.0. The van der Waals surface area contributed by atoms with Gasteiger partial charge in [0.2, 0.25) is 0 Å². The second-order valence-electron chi connectivity index (χ2n) is 8.84. The van der Waals surface area contributed by atoms with Crippen LogP contribution in [0.25, 0.3) is 6.08 Å².